The number of fused-ring (bicyclic) bond motifs is 1. The quantitative estimate of drug-likeness (QED) is 0.403. The van der Waals surface area contributed by atoms with Gasteiger partial charge in [0.2, 0.25) is 12.7 Å². The maximum absolute atomic E-state index is 13.5. The number of benzene rings is 3. The maximum atomic E-state index is 13.5. The summed E-state index contributed by atoms with van der Waals surface area (Å²) in [6, 6.07) is 17.0. The molecule has 10 heteroatoms. The van der Waals surface area contributed by atoms with E-state index < -0.39 is 21.8 Å². The van der Waals surface area contributed by atoms with Crippen molar-refractivity contribution < 1.29 is 85.0 Å². The Labute approximate surface area is 261 Å². The van der Waals surface area contributed by atoms with Gasteiger partial charge in [0.15, 0.2) is 11.5 Å². The fourth-order valence-electron chi connectivity index (χ4n) is 4.01. The van der Waals surface area contributed by atoms with Crippen LogP contribution in [0.4, 0.5) is 0 Å². The molecule has 0 saturated heterocycles. The van der Waals surface area contributed by atoms with Gasteiger partial charge in [0, 0.05) is 6.07 Å². The minimum absolute atomic E-state index is 0. The van der Waals surface area contributed by atoms with Crippen LogP contribution in [0.5, 0.6) is 23.0 Å². The first-order valence-corrected chi connectivity index (χ1v) is 13.0. The minimum Gasteiger partial charge on any atom is -1.00 e. The van der Waals surface area contributed by atoms with E-state index >= 15 is 0 Å². The molecule has 0 saturated carbocycles. The van der Waals surface area contributed by atoms with Crippen molar-refractivity contribution in [3.63, 3.8) is 0 Å². The summed E-state index contributed by atoms with van der Waals surface area (Å²) < 4.78 is 50.0. The Hall–Kier alpha value is -2.08. The number of methoxy groups -OCH3 is 2. The first kappa shape index (κ1) is 29.5. The Morgan fingerprint density at radius 1 is 0.919 bits per heavy atom. The molecule has 0 bridgehead atoms. The van der Waals surface area contributed by atoms with Crippen molar-refractivity contribution in [3.8, 4) is 23.0 Å². The van der Waals surface area contributed by atoms with E-state index in [1.807, 2.05) is 13.8 Å². The molecule has 0 radical (unpaired) electrons. The number of amides is 1. The SMILES string of the molecule is COc1cc(CC(C(=O)NS(=O)(=O)c2ccc(C(C)C)cc2)c2ccc3c(c2)OCO3)cc(OC)c1.[H-].[K+]. The van der Waals surface area contributed by atoms with Crippen LogP contribution in [0.2, 0.25) is 0 Å². The molecule has 1 heterocycles. The average Bonchev–Trinajstić information content (AvgIpc) is 3.34. The number of hydrogen-bond acceptors (Lipinski definition) is 7. The zero-order chi connectivity index (χ0) is 25.9. The van der Waals surface area contributed by atoms with Crippen molar-refractivity contribution >= 4 is 15.9 Å². The van der Waals surface area contributed by atoms with Gasteiger partial charge in [0.25, 0.3) is 10.0 Å². The molecule has 0 aromatic heterocycles. The summed E-state index contributed by atoms with van der Waals surface area (Å²) in [6.45, 7) is 4.13. The molecule has 192 valence electrons. The zero-order valence-corrected chi connectivity index (χ0v) is 25.5. The van der Waals surface area contributed by atoms with Gasteiger partial charge in [0.05, 0.1) is 25.0 Å². The average molecular weight is 552 g/mol. The Morgan fingerprint density at radius 3 is 2.11 bits per heavy atom. The Kier molecular flexibility index (Phi) is 10.1. The van der Waals surface area contributed by atoms with Gasteiger partial charge >= 0.3 is 51.4 Å². The Balaban J connectivity index is 0.00000253. The van der Waals surface area contributed by atoms with Gasteiger partial charge in [-0.1, -0.05) is 32.0 Å². The maximum Gasteiger partial charge on any atom is 1.00 e. The number of nitrogens with one attached hydrogen (secondary N) is 1. The van der Waals surface area contributed by atoms with E-state index in [1.165, 1.54) is 26.4 Å². The van der Waals surface area contributed by atoms with Crippen LogP contribution >= 0.6 is 0 Å². The molecule has 1 N–H and O–H groups in total. The number of ether oxygens (including phenoxy) is 4. The van der Waals surface area contributed by atoms with Gasteiger partial charge < -0.3 is 20.4 Å². The van der Waals surface area contributed by atoms with E-state index in [4.69, 9.17) is 18.9 Å². The molecular formula is C27H30KNO7S. The van der Waals surface area contributed by atoms with Crippen LogP contribution in [0.1, 0.15) is 43.8 Å². The second-order valence-corrected chi connectivity index (χ2v) is 10.5. The molecule has 3 aromatic carbocycles. The van der Waals surface area contributed by atoms with Crippen molar-refractivity contribution in [1.82, 2.24) is 4.72 Å². The monoisotopic (exact) mass is 551 g/mol. The van der Waals surface area contributed by atoms with Crippen molar-refractivity contribution in [3.05, 3.63) is 77.4 Å². The van der Waals surface area contributed by atoms with Crippen LogP contribution in [0.25, 0.3) is 0 Å². The van der Waals surface area contributed by atoms with E-state index in [1.54, 1.807) is 48.5 Å². The van der Waals surface area contributed by atoms with Crippen molar-refractivity contribution in [2.24, 2.45) is 0 Å². The molecule has 0 aliphatic carbocycles. The second-order valence-electron chi connectivity index (χ2n) is 8.78. The third kappa shape index (κ3) is 7.07. The third-order valence-corrected chi connectivity index (χ3v) is 7.42. The number of carbonyl (C=O) groups excluding carboxylic acids is 1. The fourth-order valence-corrected chi connectivity index (χ4v) is 5.03. The van der Waals surface area contributed by atoms with Crippen LogP contribution in [0, 0.1) is 0 Å². The first-order chi connectivity index (χ1) is 17.2. The molecule has 37 heavy (non-hydrogen) atoms. The molecule has 4 rings (SSSR count). The first-order valence-electron chi connectivity index (χ1n) is 11.5. The normalized spacial score (nSPS) is 13.0. The topological polar surface area (TPSA) is 100 Å². The summed E-state index contributed by atoms with van der Waals surface area (Å²) in [5.41, 5.74) is 2.33. The van der Waals surface area contributed by atoms with E-state index in [0.717, 1.165) is 11.1 Å². The second kappa shape index (κ2) is 12.6. The van der Waals surface area contributed by atoms with Gasteiger partial charge in [-0.05, 0) is 65.4 Å². The van der Waals surface area contributed by atoms with Crippen LogP contribution in [0.15, 0.2) is 65.6 Å². The molecule has 1 aliphatic heterocycles. The zero-order valence-electron chi connectivity index (χ0n) is 22.6. The van der Waals surface area contributed by atoms with Crippen molar-refractivity contribution in [1.29, 1.82) is 0 Å². The van der Waals surface area contributed by atoms with Gasteiger partial charge in [0.1, 0.15) is 11.5 Å². The smallest absolute Gasteiger partial charge is 1.00 e. The van der Waals surface area contributed by atoms with E-state index in [-0.39, 0.29) is 76.8 Å². The molecule has 0 spiro atoms. The van der Waals surface area contributed by atoms with Crippen LogP contribution in [-0.4, -0.2) is 35.3 Å². The summed E-state index contributed by atoms with van der Waals surface area (Å²) in [5, 5.41) is 0. The van der Waals surface area contributed by atoms with Gasteiger partial charge in [-0.15, -0.1) is 0 Å². The van der Waals surface area contributed by atoms with Crippen LogP contribution in [-0.2, 0) is 21.2 Å². The summed E-state index contributed by atoms with van der Waals surface area (Å²) in [6.07, 6.45) is 0.195. The number of sulfonamides is 1. The van der Waals surface area contributed by atoms with Crippen LogP contribution < -0.4 is 75.1 Å². The van der Waals surface area contributed by atoms with E-state index in [0.29, 0.717) is 28.6 Å². The van der Waals surface area contributed by atoms with Gasteiger partial charge in [-0.3, -0.25) is 4.79 Å². The van der Waals surface area contributed by atoms with Gasteiger partial charge in [-0.2, -0.15) is 0 Å². The predicted octanol–water partition coefficient (Wildman–Crippen LogP) is 1.50. The molecule has 1 amide bonds. The summed E-state index contributed by atoms with van der Waals surface area (Å²) in [5.74, 6) is 0.940. The molecule has 1 aliphatic rings. The van der Waals surface area contributed by atoms with Gasteiger partial charge in [-0.25, -0.2) is 13.1 Å². The third-order valence-electron chi connectivity index (χ3n) is 6.06. The predicted molar refractivity (Wildman–Crippen MR) is 136 cm³/mol. The molecule has 8 nitrogen and oxygen atoms in total. The fraction of sp³-hybridized carbons (Fsp3) is 0.296. The summed E-state index contributed by atoms with van der Waals surface area (Å²) in [7, 11) is -1.01. The number of hydrogen-bond donors (Lipinski definition) is 1. The van der Waals surface area contributed by atoms with Crippen molar-refractivity contribution in [2.45, 2.75) is 37.0 Å². The molecule has 3 aromatic rings. The number of rotatable bonds is 9. The molecular weight excluding hydrogens is 521 g/mol. The van der Waals surface area contributed by atoms with E-state index in [2.05, 4.69) is 4.72 Å². The minimum atomic E-state index is -4.09. The Bertz CT molecular complexity index is 1340. The summed E-state index contributed by atoms with van der Waals surface area (Å²) >= 11 is 0. The molecule has 1 atom stereocenters. The Morgan fingerprint density at radius 2 is 1.51 bits per heavy atom. The molecule has 1 unspecified atom stereocenters. The number of carbonyl (C=O) groups is 1. The van der Waals surface area contributed by atoms with Crippen molar-refractivity contribution in [2.75, 3.05) is 21.0 Å². The summed E-state index contributed by atoms with van der Waals surface area (Å²) in [4.78, 5) is 13.5. The molecule has 0 fully saturated rings. The standard InChI is InChI=1S/C27H29NO7S.K.H/c1-17(2)19-5-8-23(9-6-19)36(30,31)28-27(29)24(20-7-10-25-26(14-20)35-16-34-25)13-18-11-21(32-3)15-22(12-18)33-4;;/h5-12,14-15,17,24H,13,16H2,1-4H3,(H,28,29);;/q;+1;-1. The van der Waals surface area contributed by atoms with E-state index in [9.17, 15) is 13.2 Å². The van der Waals surface area contributed by atoms with Crippen LogP contribution in [0.3, 0.4) is 0 Å². The largest absolute Gasteiger partial charge is 1.00 e.